The van der Waals surface area contributed by atoms with Crippen LogP contribution in [0.1, 0.15) is 46.0 Å². The Balaban J connectivity index is 1.98. The average Bonchev–Trinajstić information content (AvgIpc) is 2.86. The highest BCUT2D eigenvalue weighted by atomic mass is 19.1. The number of hydrogen-bond acceptors (Lipinski definition) is 1. The summed E-state index contributed by atoms with van der Waals surface area (Å²) >= 11 is 0. The third kappa shape index (κ3) is 1.69. The maximum atomic E-state index is 14.7. The molecule has 0 amide bonds. The van der Waals surface area contributed by atoms with Crippen molar-refractivity contribution < 1.29 is 4.39 Å². The van der Waals surface area contributed by atoms with Gasteiger partial charge in [0.1, 0.15) is 5.67 Å². The van der Waals surface area contributed by atoms with Crippen LogP contribution in [0.2, 0.25) is 0 Å². The van der Waals surface area contributed by atoms with Crippen molar-refractivity contribution >= 4 is 0 Å². The molecule has 1 saturated heterocycles. The Morgan fingerprint density at radius 1 is 1.29 bits per heavy atom. The second kappa shape index (κ2) is 3.48. The van der Waals surface area contributed by atoms with E-state index in [2.05, 4.69) is 18.7 Å². The monoisotopic (exact) mass is 199 g/mol. The second-order valence-corrected chi connectivity index (χ2v) is 5.41. The van der Waals surface area contributed by atoms with E-state index in [1.807, 2.05) is 0 Å². The molecule has 0 aromatic carbocycles. The normalized spacial score (nSPS) is 37.1. The van der Waals surface area contributed by atoms with Gasteiger partial charge in [0.2, 0.25) is 0 Å². The van der Waals surface area contributed by atoms with Crippen molar-refractivity contribution in [1.29, 1.82) is 0 Å². The summed E-state index contributed by atoms with van der Waals surface area (Å²) < 4.78 is 14.7. The van der Waals surface area contributed by atoms with Crippen molar-refractivity contribution in [2.45, 2.75) is 51.6 Å². The Kier molecular flexibility index (Phi) is 2.59. The first-order chi connectivity index (χ1) is 6.60. The van der Waals surface area contributed by atoms with Crippen LogP contribution >= 0.6 is 0 Å². The molecule has 82 valence electrons. The summed E-state index contributed by atoms with van der Waals surface area (Å²) in [7, 11) is 0. The first-order valence-electron chi connectivity index (χ1n) is 6.01. The van der Waals surface area contributed by atoms with Gasteiger partial charge in [-0.2, -0.15) is 0 Å². The van der Waals surface area contributed by atoms with E-state index in [9.17, 15) is 4.39 Å². The molecule has 1 saturated carbocycles. The van der Waals surface area contributed by atoms with Crippen LogP contribution in [-0.4, -0.2) is 30.2 Å². The topological polar surface area (TPSA) is 3.24 Å². The van der Waals surface area contributed by atoms with Crippen molar-refractivity contribution in [2.24, 2.45) is 5.41 Å². The molecule has 0 N–H and O–H groups in total. The van der Waals surface area contributed by atoms with Gasteiger partial charge in [-0.1, -0.05) is 13.8 Å². The van der Waals surface area contributed by atoms with E-state index in [1.165, 1.54) is 0 Å². The summed E-state index contributed by atoms with van der Waals surface area (Å²) in [6.07, 6.45) is 5.19. The van der Waals surface area contributed by atoms with Gasteiger partial charge in [0.15, 0.2) is 0 Å². The van der Waals surface area contributed by atoms with E-state index < -0.39 is 5.67 Å². The maximum Gasteiger partial charge on any atom is 0.129 e. The van der Waals surface area contributed by atoms with Gasteiger partial charge in [0, 0.05) is 12.0 Å². The summed E-state index contributed by atoms with van der Waals surface area (Å²) in [4.78, 5) is 2.31. The lowest BCUT2D eigenvalue weighted by atomic mass is 9.81. The molecule has 0 bridgehead atoms. The van der Waals surface area contributed by atoms with Gasteiger partial charge >= 0.3 is 0 Å². The Labute approximate surface area is 86.7 Å². The molecule has 2 fully saturated rings. The van der Waals surface area contributed by atoms with Gasteiger partial charge in [0.05, 0.1) is 0 Å². The lowest BCUT2D eigenvalue weighted by Gasteiger charge is -2.41. The summed E-state index contributed by atoms with van der Waals surface area (Å²) in [5.41, 5.74) is -0.847. The van der Waals surface area contributed by atoms with Crippen LogP contribution in [0.25, 0.3) is 0 Å². The zero-order valence-corrected chi connectivity index (χ0v) is 9.48. The highest BCUT2D eigenvalue weighted by Crippen LogP contribution is 2.58. The summed E-state index contributed by atoms with van der Waals surface area (Å²) in [5.74, 6) is 0. The van der Waals surface area contributed by atoms with Crippen LogP contribution in [-0.2, 0) is 0 Å². The number of hydrogen-bond donors (Lipinski definition) is 0. The molecule has 1 atom stereocenters. The summed E-state index contributed by atoms with van der Waals surface area (Å²) in [6, 6.07) is 0. The number of piperidine rings is 1. The van der Waals surface area contributed by atoms with Gasteiger partial charge < -0.3 is 4.90 Å². The molecule has 14 heavy (non-hydrogen) atoms. The standard InChI is InChI=1S/C12H22FN/c1-3-8-14-9-4-5-12(13,10-14)11(2)6-7-11/h3-10H2,1-2H3. The summed E-state index contributed by atoms with van der Waals surface area (Å²) in [6.45, 7) is 7.17. The van der Waals surface area contributed by atoms with Crippen LogP contribution < -0.4 is 0 Å². The molecule has 0 aromatic heterocycles. The second-order valence-electron chi connectivity index (χ2n) is 5.41. The van der Waals surface area contributed by atoms with Gasteiger partial charge in [0.25, 0.3) is 0 Å². The predicted octanol–water partition coefficient (Wildman–Crippen LogP) is 3.00. The molecule has 1 aliphatic carbocycles. The van der Waals surface area contributed by atoms with Gasteiger partial charge in [-0.15, -0.1) is 0 Å². The Morgan fingerprint density at radius 3 is 2.57 bits per heavy atom. The van der Waals surface area contributed by atoms with Crippen LogP contribution in [0, 0.1) is 5.41 Å². The minimum atomic E-state index is -0.875. The van der Waals surface area contributed by atoms with Crippen molar-refractivity contribution in [1.82, 2.24) is 4.90 Å². The predicted molar refractivity (Wildman–Crippen MR) is 57.1 cm³/mol. The molecular formula is C12H22FN. The van der Waals surface area contributed by atoms with Crippen molar-refractivity contribution in [2.75, 3.05) is 19.6 Å². The first kappa shape index (κ1) is 10.4. The fourth-order valence-electron chi connectivity index (χ4n) is 2.73. The quantitative estimate of drug-likeness (QED) is 0.675. The van der Waals surface area contributed by atoms with E-state index >= 15 is 0 Å². The molecule has 1 unspecified atom stereocenters. The molecule has 0 radical (unpaired) electrons. The Morgan fingerprint density at radius 2 is 2.00 bits per heavy atom. The minimum absolute atomic E-state index is 0.0272. The molecular weight excluding hydrogens is 177 g/mol. The maximum absolute atomic E-state index is 14.7. The number of nitrogens with zero attached hydrogens (tertiary/aromatic N) is 1. The Hall–Kier alpha value is -0.110. The van der Waals surface area contributed by atoms with Crippen molar-refractivity contribution in [3.8, 4) is 0 Å². The number of halogens is 1. The SMILES string of the molecule is CCCN1CCCC(F)(C2(C)CC2)C1. The fraction of sp³-hybridized carbons (Fsp3) is 1.00. The highest BCUT2D eigenvalue weighted by Gasteiger charge is 2.57. The van der Waals surface area contributed by atoms with E-state index in [0.29, 0.717) is 6.54 Å². The number of likely N-dealkylation sites (tertiary alicyclic amines) is 1. The fourth-order valence-corrected chi connectivity index (χ4v) is 2.73. The lowest BCUT2D eigenvalue weighted by molar-refractivity contribution is -0.00930. The molecule has 1 aliphatic heterocycles. The van der Waals surface area contributed by atoms with Gasteiger partial charge in [-0.3, -0.25) is 0 Å². The number of rotatable bonds is 3. The highest BCUT2D eigenvalue weighted by molar-refractivity contribution is 5.08. The third-order valence-electron chi connectivity index (χ3n) is 4.14. The lowest BCUT2D eigenvalue weighted by Crippen LogP contribution is -2.50. The van der Waals surface area contributed by atoms with Crippen LogP contribution in [0.3, 0.4) is 0 Å². The summed E-state index contributed by atoms with van der Waals surface area (Å²) in [5, 5.41) is 0. The average molecular weight is 199 g/mol. The Bertz CT molecular complexity index is 210. The molecule has 1 heterocycles. The molecule has 2 heteroatoms. The van der Waals surface area contributed by atoms with Crippen LogP contribution in [0.5, 0.6) is 0 Å². The van der Waals surface area contributed by atoms with Crippen LogP contribution in [0.15, 0.2) is 0 Å². The third-order valence-corrected chi connectivity index (χ3v) is 4.14. The van der Waals surface area contributed by atoms with Gasteiger partial charge in [-0.05, 0) is 45.2 Å². The van der Waals surface area contributed by atoms with E-state index in [1.54, 1.807) is 0 Å². The van der Waals surface area contributed by atoms with E-state index in [4.69, 9.17) is 0 Å². The zero-order valence-electron chi connectivity index (χ0n) is 9.48. The smallest absolute Gasteiger partial charge is 0.129 e. The molecule has 1 nitrogen and oxygen atoms in total. The first-order valence-corrected chi connectivity index (χ1v) is 6.01. The molecule has 2 aliphatic rings. The van der Waals surface area contributed by atoms with Crippen LogP contribution in [0.4, 0.5) is 4.39 Å². The largest absolute Gasteiger partial charge is 0.300 e. The molecule has 0 aromatic rings. The molecule has 0 spiro atoms. The van der Waals surface area contributed by atoms with Gasteiger partial charge in [-0.25, -0.2) is 4.39 Å². The van der Waals surface area contributed by atoms with E-state index in [-0.39, 0.29) is 5.41 Å². The number of alkyl halides is 1. The zero-order chi connectivity index (χ0) is 10.2. The molecule has 2 rings (SSSR count). The van der Waals surface area contributed by atoms with Crippen molar-refractivity contribution in [3.63, 3.8) is 0 Å². The van der Waals surface area contributed by atoms with Crippen molar-refractivity contribution in [3.05, 3.63) is 0 Å². The minimum Gasteiger partial charge on any atom is -0.300 e. The van der Waals surface area contributed by atoms with E-state index in [0.717, 1.165) is 45.2 Å².